The van der Waals surface area contributed by atoms with Crippen LogP contribution in [0.25, 0.3) is 0 Å². The molecule has 0 bridgehead atoms. The number of piperidine rings is 1. The monoisotopic (exact) mass is 333 g/mol. The van der Waals surface area contributed by atoms with Crippen molar-refractivity contribution in [3.63, 3.8) is 0 Å². The van der Waals surface area contributed by atoms with Crippen LogP contribution in [-0.2, 0) is 4.79 Å². The van der Waals surface area contributed by atoms with Crippen molar-refractivity contribution in [2.45, 2.75) is 26.7 Å². The van der Waals surface area contributed by atoms with Gasteiger partial charge in [-0.25, -0.2) is 4.98 Å². The van der Waals surface area contributed by atoms with Crippen LogP contribution >= 0.6 is 11.3 Å². The third-order valence-electron chi connectivity index (χ3n) is 4.09. The predicted octanol–water partition coefficient (Wildman–Crippen LogP) is 2.84. The maximum absolute atomic E-state index is 12.5. The molecular weight excluding hydrogens is 314 g/mol. The minimum absolute atomic E-state index is 0.0117. The number of thiazole rings is 1. The van der Waals surface area contributed by atoms with E-state index < -0.39 is 0 Å². The van der Waals surface area contributed by atoms with Crippen LogP contribution in [0.15, 0.2) is 22.1 Å². The van der Waals surface area contributed by atoms with Crippen LogP contribution in [0.5, 0.6) is 0 Å². The highest BCUT2D eigenvalue weighted by molar-refractivity contribution is 7.13. The Labute approximate surface area is 138 Å². The van der Waals surface area contributed by atoms with Crippen LogP contribution in [0.2, 0.25) is 0 Å². The molecule has 23 heavy (non-hydrogen) atoms. The zero-order valence-corrected chi connectivity index (χ0v) is 14.0. The van der Waals surface area contributed by atoms with Gasteiger partial charge in [-0.15, -0.1) is 11.3 Å². The molecular formula is C16H19N3O3S. The Morgan fingerprint density at radius 3 is 2.65 bits per heavy atom. The summed E-state index contributed by atoms with van der Waals surface area (Å²) in [5, 5.41) is 5.28. The normalized spacial score (nSPS) is 15.7. The molecule has 0 unspecified atom stereocenters. The summed E-state index contributed by atoms with van der Waals surface area (Å²) in [6.45, 7) is 4.80. The van der Waals surface area contributed by atoms with Crippen LogP contribution in [0, 0.1) is 19.8 Å². The molecule has 0 aliphatic carbocycles. The van der Waals surface area contributed by atoms with E-state index >= 15 is 0 Å². The Morgan fingerprint density at radius 1 is 1.35 bits per heavy atom. The van der Waals surface area contributed by atoms with Gasteiger partial charge in [-0.05, 0) is 32.8 Å². The Hall–Kier alpha value is -2.15. The molecule has 3 rings (SSSR count). The molecule has 0 aromatic carbocycles. The van der Waals surface area contributed by atoms with Crippen LogP contribution in [0.1, 0.15) is 34.7 Å². The fourth-order valence-corrected chi connectivity index (χ4v) is 3.38. The molecule has 6 nitrogen and oxygen atoms in total. The van der Waals surface area contributed by atoms with Gasteiger partial charge in [0.2, 0.25) is 5.91 Å². The molecule has 1 fully saturated rings. The summed E-state index contributed by atoms with van der Waals surface area (Å²) >= 11 is 1.40. The van der Waals surface area contributed by atoms with Gasteiger partial charge >= 0.3 is 0 Å². The molecule has 0 atom stereocenters. The van der Waals surface area contributed by atoms with E-state index in [2.05, 4.69) is 10.3 Å². The van der Waals surface area contributed by atoms with Gasteiger partial charge in [0.1, 0.15) is 11.5 Å². The van der Waals surface area contributed by atoms with Gasteiger partial charge in [0, 0.05) is 30.6 Å². The van der Waals surface area contributed by atoms with Gasteiger partial charge in [0.05, 0.1) is 5.56 Å². The van der Waals surface area contributed by atoms with Crippen molar-refractivity contribution in [3.05, 3.63) is 34.7 Å². The summed E-state index contributed by atoms with van der Waals surface area (Å²) in [6.07, 6.45) is 2.99. The third-order valence-corrected chi connectivity index (χ3v) is 4.78. The van der Waals surface area contributed by atoms with Crippen molar-refractivity contribution in [3.8, 4) is 0 Å². The highest BCUT2D eigenvalue weighted by Crippen LogP contribution is 2.23. The highest BCUT2D eigenvalue weighted by Gasteiger charge is 2.29. The summed E-state index contributed by atoms with van der Waals surface area (Å²) < 4.78 is 5.43. The molecule has 0 spiro atoms. The van der Waals surface area contributed by atoms with Crippen molar-refractivity contribution in [2.75, 3.05) is 18.4 Å². The van der Waals surface area contributed by atoms with Gasteiger partial charge in [0.25, 0.3) is 5.91 Å². The number of rotatable bonds is 3. The highest BCUT2D eigenvalue weighted by atomic mass is 32.1. The Kier molecular flexibility index (Phi) is 4.47. The molecule has 122 valence electrons. The lowest BCUT2D eigenvalue weighted by Crippen LogP contribution is -2.41. The van der Waals surface area contributed by atoms with E-state index in [-0.39, 0.29) is 17.7 Å². The number of hydrogen-bond donors (Lipinski definition) is 1. The Morgan fingerprint density at radius 2 is 2.09 bits per heavy atom. The summed E-state index contributed by atoms with van der Waals surface area (Å²) in [5.74, 6) is 1.29. The Balaban J connectivity index is 1.57. The van der Waals surface area contributed by atoms with Crippen molar-refractivity contribution in [1.29, 1.82) is 0 Å². The summed E-state index contributed by atoms with van der Waals surface area (Å²) in [4.78, 5) is 30.6. The number of likely N-dealkylation sites (tertiary alicyclic amines) is 1. The quantitative estimate of drug-likeness (QED) is 0.937. The van der Waals surface area contributed by atoms with E-state index in [4.69, 9.17) is 4.42 Å². The first-order chi connectivity index (χ1) is 11.0. The number of hydrogen-bond acceptors (Lipinski definition) is 5. The van der Waals surface area contributed by atoms with Crippen molar-refractivity contribution in [1.82, 2.24) is 9.88 Å². The fourth-order valence-electron chi connectivity index (χ4n) is 2.85. The molecule has 0 saturated carbocycles. The molecule has 1 saturated heterocycles. The lowest BCUT2D eigenvalue weighted by molar-refractivity contribution is -0.121. The predicted molar refractivity (Wildman–Crippen MR) is 87.6 cm³/mol. The van der Waals surface area contributed by atoms with Gasteiger partial charge in [-0.1, -0.05) is 0 Å². The number of furan rings is 1. The SMILES string of the molecule is Cc1cc(C(=O)N2CCC(C(=O)Nc3nccs3)CC2)c(C)o1. The summed E-state index contributed by atoms with van der Waals surface area (Å²) in [5.41, 5.74) is 0.619. The van der Waals surface area contributed by atoms with E-state index in [1.807, 2.05) is 12.3 Å². The summed E-state index contributed by atoms with van der Waals surface area (Å²) in [6, 6.07) is 1.78. The van der Waals surface area contributed by atoms with Gasteiger partial charge < -0.3 is 14.6 Å². The minimum atomic E-state index is -0.0740. The zero-order valence-electron chi connectivity index (χ0n) is 13.2. The third kappa shape index (κ3) is 3.44. The minimum Gasteiger partial charge on any atom is -0.466 e. The molecule has 2 amide bonds. The number of nitrogens with zero attached hydrogens (tertiary/aromatic N) is 2. The van der Waals surface area contributed by atoms with E-state index in [1.165, 1.54) is 11.3 Å². The van der Waals surface area contributed by atoms with E-state index in [0.717, 1.165) is 5.76 Å². The maximum Gasteiger partial charge on any atom is 0.257 e. The summed E-state index contributed by atoms with van der Waals surface area (Å²) in [7, 11) is 0. The standard InChI is InChI=1S/C16H19N3O3S/c1-10-9-13(11(2)22-10)15(21)19-6-3-12(4-7-19)14(20)18-16-17-5-8-23-16/h5,8-9,12H,3-4,6-7H2,1-2H3,(H,17,18,20). The van der Waals surface area contributed by atoms with Crippen molar-refractivity contribution >= 4 is 28.3 Å². The van der Waals surface area contributed by atoms with Crippen molar-refractivity contribution in [2.24, 2.45) is 5.92 Å². The van der Waals surface area contributed by atoms with Gasteiger partial charge in [-0.3, -0.25) is 9.59 Å². The second kappa shape index (κ2) is 6.54. The number of aryl methyl sites for hydroxylation is 2. The van der Waals surface area contributed by atoms with Crippen LogP contribution < -0.4 is 5.32 Å². The number of carbonyl (C=O) groups excluding carboxylic acids is 2. The average Bonchev–Trinajstić information content (AvgIpc) is 3.16. The first-order valence-corrected chi connectivity index (χ1v) is 8.49. The van der Waals surface area contributed by atoms with E-state index in [1.54, 1.807) is 24.1 Å². The van der Waals surface area contributed by atoms with Crippen LogP contribution in [-0.4, -0.2) is 34.8 Å². The molecule has 0 radical (unpaired) electrons. The zero-order chi connectivity index (χ0) is 16.4. The number of nitrogens with one attached hydrogen (secondary N) is 1. The molecule has 7 heteroatoms. The first-order valence-electron chi connectivity index (χ1n) is 7.61. The van der Waals surface area contributed by atoms with Gasteiger partial charge in [0.15, 0.2) is 5.13 Å². The molecule has 1 N–H and O–H groups in total. The molecule has 1 aliphatic heterocycles. The first kappa shape index (κ1) is 15.7. The average molecular weight is 333 g/mol. The van der Waals surface area contributed by atoms with Crippen LogP contribution in [0.3, 0.4) is 0 Å². The largest absolute Gasteiger partial charge is 0.466 e. The maximum atomic E-state index is 12.5. The number of amides is 2. The number of aromatic nitrogens is 1. The molecule has 1 aliphatic rings. The molecule has 2 aromatic heterocycles. The number of carbonyl (C=O) groups is 2. The van der Waals surface area contributed by atoms with E-state index in [9.17, 15) is 9.59 Å². The number of anilines is 1. The molecule has 2 aromatic rings. The van der Waals surface area contributed by atoms with E-state index in [0.29, 0.717) is 42.4 Å². The lowest BCUT2D eigenvalue weighted by Gasteiger charge is -2.31. The lowest BCUT2D eigenvalue weighted by atomic mass is 9.95. The van der Waals surface area contributed by atoms with Crippen LogP contribution in [0.4, 0.5) is 5.13 Å². The topological polar surface area (TPSA) is 75.4 Å². The second-order valence-electron chi connectivity index (χ2n) is 5.72. The Bertz CT molecular complexity index is 700. The molecule has 3 heterocycles. The fraction of sp³-hybridized carbons (Fsp3) is 0.438. The second-order valence-corrected chi connectivity index (χ2v) is 6.61. The smallest absolute Gasteiger partial charge is 0.257 e. The van der Waals surface area contributed by atoms with Crippen molar-refractivity contribution < 1.29 is 14.0 Å². The van der Waals surface area contributed by atoms with Gasteiger partial charge in [-0.2, -0.15) is 0 Å².